The first-order valence-electron chi connectivity index (χ1n) is 6.34. The summed E-state index contributed by atoms with van der Waals surface area (Å²) in [7, 11) is 0. The Kier molecular flexibility index (Phi) is 3.52. The van der Waals surface area contributed by atoms with Crippen molar-refractivity contribution in [2.45, 2.75) is 31.6 Å². The Labute approximate surface area is 115 Å². The lowest BCUT2D eigenvalue weighted by Crippen LogP contribution is -2.65. The van der Waals surface area contributed by atoms with Crippen LogP contribution in [-0.4, -0.2) is 45.0 Å². The minimum absolute atomic E-state index is 0.0423. The molecular formula is C14H17FNO4+. The zero-order chi connectivity index (χ0) is 15.0. The van der Waals surface area contributed by atoms with E-state index in [1.807, 2.05) is 0 Å². The van der Waals surface area contributed by atoms with Crippen molar-refractivity contribution in [3.05, 3.63) is 35.9 Å². The molecule has 0 spiro atoms. The van der Waals surface area contributed by atoms with Gasteiger partial charge in [-0.25, -0.2) is 13.7 Å². The number of quaternary nitrogens is 1. The van der Waals surface area contributed by atoms with Crippen LogP contribution < -0.4 is 0 Å². The molecule has 1 amide bonds. The Morgan fingerprint density at radius 2 is 1.95 bits per heavy atom. The van der Waals surface area contributed by atoms with Gasteiger partial charge in [0.15, 0.2) is 6.17 Å². The second kappa shape index (κ2) is 4.86. The fraction of sp³-hybridized carbons (Fsp3) is 0.429. The van der Waals surface area contributed by atoms with Gasteiger partial charge in [-0.2, -0.15) is 4.79 Å². The van der Waals surface area contributed by atoms with E-state index in [1.165, 1.54) is 6.92 Å². The van der Waals surface area contributed by atoms with Gasteiger partial charge in [0.05, 0.1) is 6.42 Å². The van der Waals surface area contributed by atoms with Gasteiger partial charge in [0.1, 0.15) is 13.1 Å². The van der Waals surface area contributed by atoms with Gasteiger partial charge in [-0.15, -0.1) is 0 Å². The van der Waals surface area contributed by atoms with Gasteiger partial charge in [-0.1, -0.05) is 30.3 Å². The topological polar surface area (TPSA) is 74.6 Å². The molecule has 3 atom stereocenters. The fourth-order valence-electron chi connectivity index (χ4n) is 2.97. The Hall–Kier alpha value is -1.95. The fourth-order valence-corrected chi connectivity index (χ4v) is 2.97. The van der Waals surface area contributed by atoms with E-state index >= 15 is 0 Å². The molecule has 2 rings (SSSR count). The second-order valence-corrected chi connectivity index (χ2v) is 5.46. The molecule has 1 fully saturated rings. The average molecular weight is 282 g/mol. The van der Waals surface area contributed by atoms with Crippen molar-refractivity contribution in [2.24, 2.45) is 0 Å². The molecule has 1 unspecified atom stereocenters. The van der Waals surface area contributed by atoms with Gasteiger partial charge in [0.25, 0.3) is 0 Å². The third-order valence-corrected chi connectivity index (χ3v) is 4.20. The lowest BCUT2D eigenvalue weighted by Gasteiger charge is -2.38. The minimum Gasteiger partial charge on any atom is -0.477 e. The highest BCUT2D eigenvalue weighted by atomic mass is 19.1. The van der Waals surface area contributed by atoms with Crippen LogP contribution in [0.2, 0.25) is 0 Å². The molecule has 1 aliphatic heterocycles. The third-order valence-electron chi connectivity index (χ3n) is 4.20. The van der Waals surface area contributed by atoms with Crippen molar-refractivity contribution in [3.63, 3.8) is 0 Å². The Morgan fingerprint density at radius 1 is 1.35 bits per heavy atom. The van der Waals surface area contributed by atoms with Crippen molar-refractivity contribution in [3.8, 4) is 0 Å². The van der Waals surface area contributed by atoms with Gasteiger partial charge in [-0.05, 0) is 0 Å². The molecule has 0 radical (unpaired) electrons. The molecule has 1 saturated heterocycles. The molecule has 2 N–H and O–H groups in total. The zero-order valence-corrected chi connectivity index (χ0v) is 11.1. The Bertz CT molecular complexity index is 535. The summed E-state index contributed by atoms with van der Waals surface area (Å²) in [6, 6.07) is 8.71. The molecule has 1 heterocycles. The predicted octanol–water partition coefficient (Wildman–Crippen LogP) is 2.27. The maximum atomic E-state index is 13.8. The summed E-state index contributed by atoms with van der Waals surface area (Å²) in [6.07, 6.45) is -3.03. The molecular weight excluding hydrogens is 265 g/mol. The number of nitrogens with zero attached hydrogens (tertiary/aromatic N) is 1. The zero-order valence-electron chi connectivity index (χ0n) is 11.1. The highest BCUT2D eigenvalue weighted by molar-refractivity contribution is 5.80. The maximum Gasteiger partial charge on any atom is 0.514 e. The van der Waals surface area contributed by atoms with Gasteiger partial charge in [0, 0.05) is 12.5 Å². The molecule has 20 heavy (non-hydrogen) atoms. The molecule has 1 aromatic rings. The first-order chi connectivity index (χ1) is 9.32. The van der Waals surface area contributed by atoms with Crippen LogP contribution in [0.25, 0.3) is 0 Å². The van der Waals surface area contributed by atoms with E-state index in [-0.39, 0.29) is 19.5 Å². The smallest absolute Gasteiger partial charge is 0.477 e. The monoisotopic (exact) mass is 282 g/mol. The van der Waals surface area contributed by atoms with Crippen LogP contribution in [0.15, 0.2) is 30.3 Å². The number of carbonyl (C=O) groups is 2. The number of hydrogen-bond acceptors (Lipinski definition) is 2. The van der Waals surface area contributed by atoms with Crippen LogP contribution in [0.4, 0.5) is 9.18 Å². The molecule has 108 valence electrons. The number of hydrogen-bond donors (Lipinski definition) is 2. The molecule has 6 heteroatoms. The number of alkyl halides is 1. The maximum absolute atomic E-state index is 13.8. The van der Waals surface area contributed by atoms with Crippen LogP contribution >= 0.6 is 0 Å². The van der Waals surface area contributed by atoms with E-state index in [0.29, 0.717) is 5.56 Å². The minimum atomic E-state index is -1.67. The summed E-state index contributed by atoms with van der Waals surface area (Å²) in [5, 5.41) is 19.0. The summed E-state index contributed by atoms with van der Waals surface area (Å²) in [4.78, 5) is 23.3. The van der Waals surface area contributed by atoms with Crippen LogP contribution in [0, 0.1) is 0 Å². The summed E-state index contributed by atoms with van der Waals surface area (Å²) in [5.41, 5.74) is -0.988. The molecule has 0 saturated carbocycles. The van der Waals surface area contributed by atoms with Crippen molar-refractivity contribution < 1.29 is 28.7 Å². The standard InChI is InChI=1S/C14H16FNO4/c1-14(12(17)18)7-11(15)9-16(14,13(19)20)8-10-5-3-2-4-6-10/h2-6,11H,7-9H2,1H3,(H-,17,18,19,20)/p+1/t11-,14+,16?/m1/s1. The van der Waals surface area contributed by atoms with Crippen LogP contribution in [0.5, 0.6) is 0 Å². The van der Waals surface area contributed by atoms with E-state index in [2.05, 4.69) is 0 Å². The van der Waals surface area contributed by atoms with Gasteiger partial charge in [-0.3, -0.25) is 0 Å². The molecule has 0 aliphatic carbocycles. The highest BCUT2D eigenvalue weighted by Gasteiger charge is 2.65. The van der Waals surface area contributed by atoms with E-state index in [9.17, 15) is 24.2 Å². The molecule has 1 aromatic carbocycles. The molecule has 1 aliphatic rings. The number of rotatable bonds is 3. The van der Waals surface area contributed by atoms with Crippen molar-refractivity contribution >= 4 is 12.1 Å². The third kappa shape index (κ3) is 2.06. The van der Waals surface area contributed by atoms with Crippen LogP contribution in [0.1, 0.15) is 18.9 Å². The van der Waals surface area contributed by atoms with Crippen LogP contribution in [-0.2, 0) is 11.3 Å². The number of carboxylic acid groups (broad SMARTS) is 2. The molecule has 0 aromatic heterocycles. The second-order valence-electron chi connectivity index (χ2n) is 5.46. The van der Waals surface area contributed by atoms with Gasteiger partial charge in [0.2, 0.25) is 5.54 Å². The lowest BCUT2D eigenvalue weighted by molar-refractivity contribution is -0.898. The first kappa shape index (κ1) is 14.5. The number of aliphatic carboxylic acids is 1. The Balaban J connectivity index is 2.48. The summed E-state index contributed by atoms with van der Waals surface area (Å²) in [5.74, 6) is -1.28. The van der Waals surface area contributed by atoms with E-state index in [1.54, 1.807) is 30.3 Å². The number of carboxylic acids is 1. The SMILES string of the molecule is C[C@@]1(C(=O)O)C[C@@H](F)C[N+]1(Cc1ccccc1)C(=O)O. The van der Waals surface area contributed by atoms with Gasteiger partial charge < -0.3 is 10.2 Å². The molecule has 5 nitrogen and oxygen atoms in total. The number of amides is 1. The van der Waals surface area contributed by atoms with Crippen molar-refractivity contribution in [1.29, 1.82) is 0 Å². The summed E-state index contributed by atoms with van der Waals surface area (Å²) < 4.78 is 13.0. The van der Waals surface area contributed by atoms with E-state index in [4.69, 9.17) is 0 Å². The first-order valence-corrected chi connectivity index (χ1v) is 6.34. The van der Waals surface area contributed by atoms with E-state index in [0.717, 1.165) is 0 Å². The lowest BCUT2D eigenvalue weighted by atomic mass is 9.95. The van der Waals surface area contributed by atoms with Crippen molar-refractivity contribution in [2.75, 3.05) is 6.54 Å². The number of halogens is 1. The largest absolute Gasteiger partial charge is 0.514 e. The number of benzene rings is 1. The quantitative estimate of drug-likeness (QED) is 0.834. The van der Waals surface area contributed by atoms with E-state index < -0.39 is 28.3 Å². The van der Waals surface area contributed by atoms with Gasteiger partial charge >= 0.3 is 12.1 Å². The summed E-state index contributed by atoms with van der Waals surface area (Å²) in [6.45, 7) is 0.943. The van der Waals surface area contributed by atoms with Crippen molar-refractivity contribution in [1.82, 2.24) is 0 Å². The highest BCUT2D eigenvalue weighted by Crippen LogP contribution is 2.41. The Morgan fingerprint density at radius 3 is 2.45 bits per heavy atom. The number of likely N-dealkylation sites (tertiary alicyclic amines) is 1. The normalized spacial score (nSPS) is 33.0. The van der Waals surface area contributed by atoms with Crippen LogP contribution in [0.3, 0.4) is 0 Å². The predicted molar refractivity (Wildman–Crippen MR) is 68.9 cm³/mol. The average Bonchev–Trinajstić information content (AvgIpc) is 2.64. The molecule has 0 bridgehead atoms. The summed E-state index contributed by atoms with van der Waals surface area (Å²) >= 11 is 0.